The van der Waals surface area contributed by atoms with Gasteiger partial charge in [-0.3, -0.25) is 9.59 Å². The molecule has 0 bridgehead atoms. The van der Waals surface area contributed by atoms with Gasteiger partial charge in [-0.15, -0.1) is 5.10 Å². The first kappa shape index (κ1) is 19.5. The van der Waals surface area contributed by atoms with Gasteiger partial charge in [-0.05, 0) is 57.2 Å². The lowest BCUT2D eigenvalue weighted by molar-refractivity contribution is -0.116. The molecular weight excluding hydrogens is 354 g/mol. The number of fused-ring (bicyclic) bond motifs is 1. The molecule has 1 heterocycles. The normalized spacial score (nSPS) is 11.0. The van der Waals surface area contributed by atoms with Gasteiger partial charge >= 0.3 is 0 Å². The van der Waals surface area contributed by atoms with Crippen molar-refractivity contribution in [1.29, 1.82) is 0 Å². The van der Waals surface area contributed by atoms with Crippen LogP contribution in [-0.2, 0) is 11.3 Å². The predicted octanol–water partition coefficient (Wildman–Crippen LogP) is 3.06. The number of amides is 1. The summed E-state index contributed by atoms with van der Waals surface area (Å²) in [6.45, 7) is 7.52. The molecule has 146 valence electrons. The van der Waals surface area contributed by atoms with Gasteiger partial charge in [0, 0.05) is 30.4 Å². The van der Waals surface area contributed by atoms with Crippen LogP contribution in [-0.4, -0.2) is 33.5 Å². The molecule has 7 nitrogen and oxygen atoms in total. The van der Waals surface area contributed by atoms with Gasteiger partial charge in [0.25, 0.3) is 5.56 Å². The minimum absolute atomic E-state index is 0.141. The number of hydrogen-bond acceptors (Lipinski definition) is 5. The Hall–Kier alpha value is -3.22. The lowest BCUT2D eigenvalue weighted by Crippen LogP contribution is -2.30. The molecular formula is C21H25N5O2. The van der Waals surface area contributed by atoms with Crippen LogP contribution >= 0.6 is 0 Å². The molecule has 1 amide bonds. The first-order chi connectivity index (χ1) is 13.5. The monoisotopic (exact) mass is 379 g/mol. The highest BCUT2D eigenvalue weighted by molar-refractivity contribution is 5.90. The number of nitrogens with zero attached hydrogens (tertiary/aromatic N) is 4. The Morgan fingerprint density at radius 2 is 1.86 bits per heavy atom. The first-order valence-electron chi connectivity index (χ1n) is 9.48. The molecule has 2 aromatic carbocycles. The van der Waals surface area contributed by atoms with Crippen LogP contribution in [0.5, 0.6) is 0 Å². The zero-order chi connectivity index (χ0) is 20.1. The quantitative estimate of drug-likeness (QED) is 0.682. The van der Waals surface area contributed by atoms with Gasteiger partial charge < -0.3 is 10.2 Å². The number of carbonyl (C=O) groups excluding carboxylic acids is 1. The molecule has 0 atom stereocenters. The van der Waals surface area contributed by atoms with Crippen LogP contribution in [0.1, 0.15) is 27.2 Å². The fourth-order valence-electron chi connectivity index (χ4n) is 3.18. The third kappa shape index (κ3) is 4.36. The fourth-order valence-corrected chi connectivity index (χ4v) is 3.18. The summed E-state index contributed by atoms with van der Waals surface area (Å²) in [5.41, 5.74) is 2.16. The van der Waals surface area contributed by atoms with Crippen molar-refractivity contribution in [1.82, 2.24) is 15.0 Å². The molecule has 28 heavy (non-hydrogen) atoms. The number of benzene rings is 2. The molecule has 3 rings (SSSR count). The summed E-state index contributed by atoms with van der Waals surface area (Å²) in [7, 11) is 0. The zero-order valence-corrected chi connectivity index (χ0v) is 16.4. The van der Waals surface area contributed by atoms with E-state index in [0.717, 1.165) is 17.9 Å². The van der Waals surface area contributed by atoms with Crippen molar-refractivity contribution in [3.8, 4) is 0 Å². The van der Waals surface area contributed by atoms with Crippen LogP contribution in [0.25, 0.3) is 10.9 Å². The Labute approximate surface area is 164 Å². The molecule has 0 fully saturated rings. The van der Waals surface area contributed by atoms with Crippen LogP contribution in [0.2, 0.25) is 0 Å². The Morgan fingerprint density at radius 1 is 1.14 bits per heavy atom. The summed E-state index contributed by atoms with van der Waals surface area (Å²) in [6.07, 6.45) is 0.141. The van der Waals surface area contributed by atoms with E-state index in [4.69, 9.17) is 0 Å². The van der Waals surface area contributed by atoms with Crippen LogP contribution in [0.15, 0.2) is 53.3 Å². The SMILES string of the molecule is CCN(c1ccc(NC(=O)CCn2nnc3ccccc3c2=O)cc1)C(C)C. The summed E-state index contributed by atoms with van der Waals surface area (Å²) in [5.74, 6) is -0.175. The largest absolute Gasteiger partial charge is 0.369 e. The number of carbonyl (C=O) groups is 1. The molecule has 7 heteroatoms. The number of nitrogens with one attached hydrogen (secondary N) is 1. The van der Waals surface area contributed by atoms with Gasteiger partial charge in [-0.1, -0.05) is 17.3 Å². The van der Waals surface area contributed by atoms with E-state index >= 15 is 0 Å². The van der Waals surface area contributed by atoms with Gasteiger partial charge in [0.1, 0.15) is 5.52 Å². The molecule has 0 spiro atoms. The first-order valence-corrected chi connectivity index (χ1v) is 9.48. The van der Waals surface area contributed by atoms with Gasteiger partial charge in [0.05, 0.1) is 11.9 Å². The zero-order valence-electron chi connectivity index (χ0n) is 16.4. The maximum Gasteiger partial charge on any atom is 0.277 e. The van der Waals surface area contributed by atoms with Crippen LogP contribution < -0.4 is 15.8 Å². The van der Waals surface area contributed by atoms with Gasteiger partial charge in [0.2, 0.25) is 5.91 Å². The number of anilines is 2. The lowest BCUT2D eigenvalue weighted by Gasteiger charge is -2.27. The van der Waals surface area contributed by atoms with E-state index in [9.17, 15) is 9.59 Å². The van der Waals surface area contributed by atoms with Crippen molar-refractivity contribution in [2.45, 2.75) is 39.8 Å². The van der Waals surface area contributed by atoms with Gasteiger partial charge in [-0.25, -0.2) is 4.68 Å². The van der Waals surface area contributed by atoms with Crippen LogP contribution in [0.4, 0.5) is 11.4 Å². The molecule has 3 aromatic rings. The summed E-state index contributed by atoms with van der Waals surface area (Å²) in [6, 6.07) is 15.2. The second-order valence-corrected chi connectivity index (χ2v) is 6.86. The fraction of sp³-hybridized carbons (Fsp3) is 0.333. The van der Waals surface area contributed by atoms with Crippen LogP contribution in [0.3, 0.4) is 0 Å². The van der Waals surface area contributed by atoms with Gasteiger partial charge in [0.15, 0.2) is 0 Å². The highest BCUT2D eigenvalue weighted by Crippen LogP contribution is 2.20. The Kier molecular flexibility index (Phi) is 6.03. The molecule has 1 aromatic heterocycles. The number of aromatic nitrogens is 3. The Balaban J connectivity index is 1.62. The third-order valence-corrected chi connectivity index (χ3v) is 4.63. The third-order valence-electron chi connectivity index (χ3n) is 4.63. The Bertz CT molecular complexity index is 1010. The maximum absolute atomic E-state index is 12.4. The maximum atomic E-state index is 12.4. The summed E-state index contributed by atoms with van der Waals surface area (Å²) < 4.78 is 1.23. The van der Waals surface area contributed by atoms with E-state index in [1.54, 1.807) is 24.3 Å². The minimum atomic E-state index is -0.240. The summed E-state index contributed by atoms with van der Waals surface area (Å²) in [4.78, 5) is 26.9. The highest BCUT2D eigenvalue weighted by atomic mass is 16.2. The second-order valence-electron chi connectivity index (χ2n) is 6.86. The number of hydrogen-bond donors (Lipinski definition) is 1. The van der Waals surface area contributed by atoms with E-state index in [1.165, 1.54) is 4.68 Å². The van der Waals surface area contributed by atoms with E-state index in [0.29, 0.717) is 16.9 Å². The average molecular weight is 379 g/mol. The molecule has 0 aliphatic carbocycles. The predicted molar refractivity (Wildman–Crippen MR) is 112 cm³/mol. The smallest absolute Gasteiger partial charge is 0.277 e. The highest BCUT2D eigenvalue weighted by Gasteiger charge is 2.10. The number of rotatable bonds is 7. The van der Waals surface area contributed by atoms with Crippen molar-refractivity contribution >= 4 is 28.2 Å². The summed E-state index contributed by atoms with van der Waals surface area (Å²) in [5, 5.41) is 11.3. The van der Waals surface area contributed by atoms with E-state index in [1.807, 2.05) is 24.3 Å². The topological polar surface area (TPSA) is 80.1 Å². The molecule has 0 saturated heterocycles. The van der Waals surface area contributed by atoms with E-state index in [-0.39, 0.29) is 24.4 Å². The molecule has 0 aliphatic heterocycles. The van der Waals surface area contributed by atoms with Gasteiger partial charge in [-0.2, -0.15) is 0 Å². The number of aryl methyl sites for hydroxylation is 1. The molecule has 0 saturated carbocycles. The van der Waals surface area contributed by atoms with E-state index < -0.39 is 0 Å². The molecule has 0 unspecified atom stereocenters. The lowest BCUT2D eigenvalue weighted by atomic mass is 10.2. The van der Waals surface area contributed by atoms with Crippen molar-refractivity contribution in [3.63, 3.8) is 0 Å². The van der Waals surface area contributed by atoms with Crippen molar-refractivity contribution in [3.05, 3.63) is 58.9 Å². The van der Waals surface area contributed by atoms with E-state index in [2.05, 4.69) is 41.3 Å². The Morgan fingerprint density at radius 3 is 2.54 bits per heavy atom. The van der Waals surface area contributed by atoms with Crippen LogP contribution in [0, 0.1) is 0 Å². The molecule has 1 N–H and O–H groups in total. The molecule has 0 radical (unpaired) electrons. The minimum Gasteiger partial charge on any atom is -0.369 e. The average Bonchev–Trinajstić information content (AvgIpc) is 2.69. The second kappa shape index (κ2) is 8.65. The standard InChI is InChI=1S/C21H25N5O2/c1-4-25(15(2)3)17-11-9-16(10-12-17)22-20(27)13-14-26-21(28)18-7-5-6-8-19(18)23-24-26/h5-12,15H,4,13-14H2,1-3H3,(H,22,27). The van der Waals surface area contributed by atoms with Crippen molar-refractivity contribution in [2.24, 2.45) is 0 Å². The molecule has 0 aliphatic rings. The van der Waals surface area contributed by atoms with Crippen molar-refractivity contribution in [2.75, 3.05) is 16.8 Å². The summed E-state index contributed by atoms with van der Waals surface area (Å²) >= 11 is 0. The van der Waals surface area contributed by atoms with Crippen molar-refractivity contribution < 1.29 is 4.79 Å².